The average molecular weight is 587 g/mol. The first kappa shape index (κ1) is 28.7. The van der Waals surface area contributed by atoms with Crippen LogP contribution in [0.25, 0.3) is 11.4 Å². The molecule has 15 heteroatoms. The van der Waals surface area contributed by atoms with Gasteiger partial charge in [-0.25, -0.2) is 23.1 Å². The van der Waals surface area contributed by atoms with Crippen molar-refractivity contribution in [3.05, 3.63) is 72.7 Å². The number of anilines is 1. The van der Waals surface area contributed by atoms with E-state index in [4.69, 9.17) is 14.2 Å². The summed E-state index contributed by atoms with van der Waals surface area (Å²) in [6.45, 7) is 1.54. The van der Waals surface area contributed by atoms with Gasteiger partial charge >= 0.3 is 0 Å². The molecule has 0 amide bonds. The zero-order valence-electron chi connectivity index (χ0n) is 21.7. The third-order valence-electron chi connectivity index (χ3n) is 5.15. The number of hydrogen-bond acceptors (Lipinski definition) is 11. The molecule has 0 saturated heterocycles. The lowest BCUT2D eigenvalue weighted by Gasteiger charge is -2.18. The van der Waals surface area contributed by atoms with Crippen molar-refractivity contribution in [1.29, 1.82) is 0 Å². The molecular formula is C25H26N6O7S2. The molecule has 2 N–H and O–H groups in total. The summed E-state index contributed by atoms with van der Waals surface area (Å²) in [5, 5.41) is -0.245. The standard InChI is InChI=1S/C25H26N6O7S2/c1-17-8-9-21(27-16-17)40(34,35)31-24-22(38-20-7-5-4-6-19(20)36-2)25(37-15-14-28-39(3,32)33)30-23(29-24)18-10-12-26-13-11-18/h4-13,16,28H,14-15H2,1-3H3,(H,29,30,31). The number of pyridine rings is 2. The summed E-state index contributed by atoms with van der Waals surface area (Å²) in [7, 11) is -6.27. The lowest BCUT2D eigenvalue weighted by atomic mass is 10.2. The van der Waals surface area contributed by atoms with E-state index in [1.807, 2.05) is 0 Å². The molecule has 0 aliphatic carbocycles. The van der Waals surface area contributed by atoms with Crippen molar-refractivity contribution in [3.8, 4) is 34.5 Å². The van der Waals surface area contributed by atoms with E-state index in [-0.39, 0.29) is 47.2 Å². The Morgan fingerprint density at radius 3 is 2.30 bits per heavy atom. The SMILES string of the molecule is COc1ccccc1Oc1c(NS(=O)(=O)c2ccc(C)cn2)nc(-c2ccncc2)nc1OCCNS(C)(=O)=O. The normalized spacial score (nSPS) is 11.6. The van der Waals surface area contributed by atoms with Gasteiger partial charge in [0.15, 0.2) is 28.2 Å². The highest BCUT2D eigenvalue weighted by Gasteiger charge is 2.26. The van der Waals surface area contributed by atoms with Gasteiger partial charge in [0.2, 0.25) is 15.8 Å². The second-order valence-electron chi connectivity index (χ2n) is 8.31. The third-order valence-corrected chi connectivity index (χ3v) is 7.13. The minimum absolute atomic E-state index is 0.0874. The van der Waals surface area contributed by atoms with Crippen LogP contribution in [-0.2, 0) is 20.0 Å². The summed E-state index contributed by atoms with van der Waals surface area (Å²) >= 11 is 0. The Balaban J connectivity index is 1.84. The van der Waals surface area contributed by atoms with Crippen LogP contribution in [0.1, 0.15) is 5.56 Å². The van der Waals surface area contributed by atoms with Crippen LogP contribution < -0.4 is 23.7 Å². The number of methoxy groups -OCH3 is 1. The van der Waals surface area contributed by atoms with E-state index in [0.29, 0.717) is 11.3 Å². The number of benzene rings is 1. The van der Waals surface area contributed by atoms with E-state index in [2.05, 4.69) is 29.4 Å². The Kier molecular flexibility index (Phi) is 8.77. The molecule has 3 heterocycles. The molecule has 0 aliphatic heterocycles. The Labute approximate surface area is 231 Å². The van der Waals surface area contributed by atoms with Crippen LogP contribution in [0, 0.1) is 6.92 Å². The molecule has 0 spiro atoms. The molecule has 4 aromatic rings. The maximum atomic E-state index is 13.3. The molecule has 0 unspecified atom stereocenters. The first-order valence-corrected chi connectivity index (χ1v) is 15.1. The highest BCUT2D eigenvalue weighted by Crippen LogP contribution is 2.41. The fourth-order valence-electron chi connectivity index (χ4n) is 3.30. The number of hydrogen-bond donors (Lipinski definition) is 2. The molecule has 4 rings (SSSR count). The molecule has 3 aromatic heterocycles. The molecule has 210 valence electrons. The number of sulfonamides is 2. The lowest BCUT2D eigenvalue weighted by Crippen LogP contribution is -2.27. The monoisotopic (exact) mass is 586 g/mol. The van der Waals surface area contributed by atoms with Crippen LogP contribution >= 0.6 is 0 Å². The van der Waals surface area contributed by atoms with Crippen LogP contribution in [0.3, 0.4) is 0 Å². The van der Waals surface area contributed by atoms with Gasteiger partial charge in [-0.05, 0) is 42.8 Å². The summed E-state index contributed by atoms with van der Waals surface area (Å²) in [5.41, 5.74) is 1.28. The fraction of sp³-hybridized carbons (Fsp3) is 0.200. The number of rotatable bonds is 12. The van der Waals surface area contributed by atoms with E-state index in [9.17, 15) is 16.8 Å². The summed E-state index contributed by atoms with van der Waals surface area (Å²) in [6, 6.07) is 12.9. The predicted molar refractivity (Wildman–Crippen MR) is 146 cm³/mol. The van der Waals surface area contributed by atoms with E-state index in [1.54, 1.807) is 49.4 Å². The fourth-order valence-corrected chi connectivity index (χ4v) is 4.69. The Morgan fingerprint density at radius 1 is 0.925 bits per heavy atom. The van der Waals surface area contributed by atoms with Gasteiger partial charge in [-0.1, -0.05) is 18.2 Å². The largest absolute Gasteiger partial charge is 0.493 e. The molecule has 13 nitrogen and oxygen atoms in total. The van der Waals surface area contributed by atoms with Crippen molar-refractivity contribution < 1.29 is 31.0 Å². The lowest BCUT2D eigenvalue weighted by molar-refractivity contribution is 0.292. The van der Waals surface area contributed by atoms with Gasteiger partial charge in [0.05, 0.1) is 13.4 Å². The van der Waals surface area contributed by atoms with Crippen LogP contribution in [0.5, 0.6) is 23.1 Å². The molecule has 0 radical (unpaired) electrons. The zero-order valence-corrected chi connectivity index (χ0v) is 23.4. The van der Waals surface area contributed by atoms with E-state index < -0.39 is 20.0 Å². The Hall–Kier alpha value is -4.34. The molecule has 0 aliphatic rings. The maximum Gasteiger partial charge on any atom is 0.280 e. The van der Waals surface area contributed by atoms with Crippen molar-refractivity contribution in [2.24, 2.45) is 0 Å². The quantitative estimate of drug-likeness (QED) is 0.234. The summed E-state index contributed by atoms with van der Waals surface area (Å²) < 4.78 is 71.7. The molecule has 1 aromatic carbocycles. The number of nitrogens with zero attached hydrogens (tertiary/aromatic N) is 4. The zero-order chi connectivity index (χ0) is 28.8. The molecule has 40 heavy (non-hydrogen) atoms. The van der Waals surface area contributed by atoms with Gasteiger partial charge in [0.1, 0.15) is 6.61 Å². The topological polar surface area (TPSA) is 172 Å². The third kappa shape index (κ3) is 7.40. The minimum atomic E-state index is -4.24. The maximum absolute atomic E-state index is 13.3. The van der Waals surface area contributed by atoms with Gasteiger partial charge in [-0.15, -0.1) is 0 Å². The van der Waals surface area contributed by atoms with E-state index in [1.165, 1.54) is 31.8 Å². The van der Waals surface area contributed by atoms with Gasteiger partial charge in [-0.2, -0.15) is 13.4 Å². The second kappa shape index (κ2) is 12.2. The van der Waals surface area contributed by atoms with Crippen molar-refractivity contribution in [2.75, 3.05) is 31.2 Å². The Bertz CT molecular complexity index is 1690. The highest BCUT2D eigenvalue weighted by molar-refractivity contribution is 7.92. The van der Waals surface area contributed by atoms with Crippen LogP contribution in [0.2, 0.25) is 0 Å². The van der Waals surface area contributed by atoms with E-state index in [0.717, 1.165) is 11.8 Å². The smallest absolute Gasteiger partial charge is 0.280 e. The molecular weight excluding hydrogens is 560 g/mol. The second-order valence-corrected chi connectivity index (χ2v) is 11.8. The van der Waals surface area contributed by atoms with Crippen LogP contribution in [-0.4, -0.2) is 63.3 Å². The first-order valence-electron chi connectivity index (χ1n) is 11.7. The number of aryl methyl sites for hydroxylation is 1. The van der Waals surface area contributed by atoms with Crippen LogP contribution in [0.15, 0.2) is 72.1 Å². The number of nitrogens with one attached hydrogen (secondary N) is 2. The number of aromatic nitrogens is 4. The van der Waals surface area contributed by atoms with Gasteiger partial charge in [0.25, 0.3) is 15.9 Å². The van der Waals surface area contributed by atoms with Crippen molar-refractivity contribution in [3.63, 3.8) is 0 Å². The molecule has 0 saturated carbocycles. The van der Waals surface area contributed by atoms with Crippen molar-refractivity contribution >= 4 is 25.9 Å². The minimum Gasteiger partial charge on any atom is -0.493 e. The predicted octanol–water partition coefficient (Wildman–Crippen LogP) is 2.77. The summed E-state index contributed by atoms with van der Waals surface area (Å²) in [6.07, 6.45) is 5.48. The number of ether oxygens (including phenoxy) is 3. The molecule has 0 fully saturated rings. The van der Waals surface area contributed by atoms with Gasteiger partial charge in [0, 0.05) is 30.7 Å². The molecule has 0 atom stereocenters. The Morgan fingerprint density at radius 2 is 1.65 bits per heavy atom. The summed E-state index contributed by atoms with van der Waals surface area (Å²) in [4.78, 5) is 16.9. The number of para-hydroxylation sites is 2. The first-order chi connectivity index (χ1) is 19.1. The van der Waals surface area contributed by atoms with Gasteiger partial charge < -0.3 is 14.2 Å². The highest BCUT2D eigenvalue weighted by atomic mass is 32.2. The van der Waals surface area contributed by atoms with Crippen LogP contribution in [0.4, 0.5) is 5.82 Å². The van der Waals surface area contributed by atoms with Crippen molar-refractivity contribution in [1.82, 2.24) is 24.7 Å². The average Bonchev–Trinajstić information content (AvgIpc) is 2.92. The summed E-state index contributed by atoms with van der Waals surface area (Å²) in [5.74, 6) is 0.0733. The molecule has 0 bridgehead atoms. The van der Waals surface area contributed by atoms with Gasteiger partial charge in [-0.3, -0.25) is 9.71 Å². The van der Waals surface area contributed by atoms with Crippen molar-refractivity contribution in [2.45, 2.75) is 11.9 Å². The van der Waals surface area contributed by atoms with E-state index >= 15 is 0 Å².